The molecule has 0 aliphatic carbocycles. The van der Waals surface area contributed by atoms with E-state index >= 15 is 0 Å². The molecule has 31 heavy (non-hydrogen) atoms. The molecule has 0 atom stereocenters. The first kappa shape index (κ1) is 21.1. The number of benzene rings is 2. The van der Waals surface area contributed by atoms with Crippen molar-refractivity contribution in [1.29, 1.82) is 0 Å². The number of carbonyl (C=O) groups excluding carboxylic acids is 1. The second kappa shape index (κ2) is 8.91. The minimum Gasteiger partial charge on any atom is -0.332 e. The van der Waals surface area contributed by atoms with E-state index in [4.69, 9.17) is 12.2 Å². The highest BCUT2D eigenvalue weighted by Crippen LogP contribution is 2.25. The smallest absolute Gasteiger partial charge is 0.262 e. The number of fused-ring (bicyclic) bond motifs is 1. The number of carbonyl (C=O) groups is 1. The Morgan fingerprint density at radius 1 is 1.23 bits per heavy atom. The van der Waals surface area contributed by atoms with Crippen molar-refractivity contribution in [3.8, 4) is 0 Å². The Bertz CT molecular complexity index is 1370. The molecule has 2 aromatic heterocycles. The molecular weight excluding hydrogens is 435 g/mol. The summed E-state index contributed by atoms with van der Waals surface area (Å²) >= 11 is 6.67. The van der Waals surface area contributed by atoms with Crippen LogP contribution in [0.15, 0.2) is 53.3 Å². The lowest BCUT2D eigenvalue weighted by Crippen LogP contribution is -2.25. The Hall–Kier alpha value is -3.17. The average molecular weight is 455 g/mol. The summed E-state index contributed by atoms with van der Waals surface area (Å²) in [5.74, 6) is -0.528. The Labute approximate surface area is 186 Å². The number of halogens is 1. The van der Waals surface area contributed by atoms with Crippen LogP contribution < -0.4 is 10.9 Å². The highest BCUT2D eigenvalue weighted by atomic mass is 32.1. The van der Waals surface area contributed by atoms with Gasteiger partial charge in [-0.3, -0.25) is 14.2 Å². The van der Waals surface area contributed by atoms with Gasteiger partial charge in [-0.1, -0.05) is 24.3 Å². The SMILES string of the molecule is Cc1nc(NC(=O)CCn2c(=S)[nH]c3ccccc3c2=O)sc1Cc1ccc(F)cc1. The monoisotopic (exact) mass is 454 g/mol. The summed E-state index contributed by atoms with van der Waals surface area (Å²) in [6.45, 7) is 2.04. The minimum absolute atomic E-state index is 0.0850. The van der Waals surface area contributed by atoms with E-state index in [1.807, 2.05) is 13.0 Å². The van der Waals surface area contributed by atoms with Gasteiger partial charge in [0.05, 0.1) is 16.6 Å². The van der Waals surface area contributed by atoms with E-state index in [-0.39, 0.29) is 35.0 Å². The van der Waals surface area contributed by atoms with Crippen molar-refractivity contribution >= 4 is 45.5 Å². The molecule has 6 nitrogen and oxygen atoms in total. The Kier molecular flexibility index (Phi) is 6.06. The second-order valence-corrected chi connectivity index (χ2v) is 8.53. The highest BCUT2D eigenvalue weighted by molar-refractivity contribution is 7.71. The predicted molar refractivity (Wildman–Crippen MR) is 123 cm³/mol. The van der Waals surface area contributed by atoms with Crippen LogP contribution in [0.25, 0.3) is 10.9 Å². The fraction of sp³-hybridized carbons (Fsp3) is 0.182. The zero-order chi connectivity index (χ0) is 22.0. The Morgan fingerprint density at radius 2 is 1.97 bits per heavy atom. The van der Waals surface area contributed by atoms with Crippen LogP contribution in [-0.2, 0) is 17.8 Å². The van der Waals surface area contributed by atoms with Gasteiger partial charge in [-0.2, -0.15) is 0 Å². The molecule has 0 aliphatic heterocycles. The number of rotatable bonds is 6. The van der Waals surface area contributed by atoms with Crippen LogP contribution in [-0.4, -0.2) is 20.4 Å². The van der Waals surface area contributed by atoms with E-state index in [9.17, 15) is 14.0 Å². The lowest BCUT2D eigenvalue weighted by molar-refractivity contribution is -0.116. The van der Waals surface area contributed by atoms with E-state index in [0.29, 0.717) is 22.5 Å². The van der Waals surface area contributed by atoms with Crippen molar-refractivity contribution in [2.24, 2.45) is 0 Å². The summed E-state index contributed by atoms with van der Waals surface area (Å²) < 4.78 is 14.8. The molecule has 0 unspecified atom stereocenters. The van der Waals surface area contributed by atoms with Crippen LogP contribution in [0.1, 0.15) is 22.6 Å². The van der Waals surface area contributed by atoms with E-state index in [0.717, 1.165) is 16.1 Å². The first-order chi connectivity index (χ1) is 14.9. The molecule has 1 amide bonds. The van der Waals surface area contributed by atoms with Crippen LogP contribution in [0.5, 0.6) is 0 Å². The van der Waals surface area contributed by atoms with Crippen molar-refractivity contribution in [2.45, 2.75) is 26.3 Å². The van der Waals surface area contributed by atoms with Gasteiger partial charge in [-0.05, 0) is 49.0 Å². The van der Waals surface area contributed by atoms with Crippen LogP contribution in [0, 0.1) is 17.5 Å². The molecule has 0 saturated carbocycles. The van der Waals surface area contributed by atoms with E-state index in [1.165, 1.54) is 28.0 Å². The molecular formula is C22H19FN4O2S2. The number of thiazole rings is 1. The number of aromatic amines is 1. The van der Waals surface area contributed by atoms with Crippen LogP contribution in [0.4, 0.5) is 9.52 Å². The van der Waals surface area contributed by atoms with E-state index in [2.05, 4.69) is 15.3 Å². The molecule has 2 N–H and O–H groups in total. The molecule has 2 heterocycles. The summed E-state index contributed by atoms with van der Waals surface area (Å²) in [6.07, 6.45) is 0.697. The number of nitrogens with zero attached hydrogens (tertiary/aromatic N) is 2. The second-order valence-electron chi connectivity index (χ2n) is 7.06. The topological polar surface area (TPSA) is 79.8 Å². The largest absolute Gasteiger partial charge is 0.332 e. The molecule has 0 bridgehead atoms. The number of hydrogen-bond donors (Lipinski definition) is 2. The number of H-pyrrole nitrogens is 1. The van der Waals surface area contributed by atoms with Gasteiger partial charge < -0.3 is 10.3 Å². The summed E-state index contributed by atoms with van der Waals surface area (Å²) in [5.41, 5.74) is 2.23. The van der Waals surface area contributed by atoms with Crippen LogP contribution in [0.3, 0.4) is 0 Å². The third-order valence-corrected chi connectivity index (χ3v) is 6.26. The molecule has 0 saturated heterocycles. The quantitative estimate of drug-likeness (QED) is 0.418. The number of aromatic nitrogens is 3. The van der Waals surface area contributed by atoms with E-state index in [1.54, 1.807) is 30.3 Å². The number of para-hydroxylation sites is 1. The Balaban J connectivity index is 1.43. The third-order valence-electron chi connectivity index (χ3n) is 4.87. The number of aryl methyl sites for hydroxylation is 1. The molecule has 4 aromatic rings. The number of anilines is 1. The molecule has 4 rings (SSSR count). The maximum Gasteiger partial charge on any atom is 0.262 e. The highest BCUT2D eigenvalue weighted by Gasteiger charge is 2.12. The lowest BCUT2D eigenvalue weighted by atomic mass is 10.1. The predicted octanol–water partition coefficient (Wildman–Crippen LogP) is 4.58. The standard InChI is InChI=1S/C22H19FN4O2S2/c1-13-18(12-14-6-8-15(23)9-7-14)31-21(24-13)26-19(28)10-11-27-20(29)16-4-2-3-5-17(16)25-22(27)30/h2-9H,10-12H2,1H3,(H,25,30)(H,24,26,28). The van der Waals surface area contributed by atoms with Crippen molar-refractivity contribution < 1.29 is 9.18 Å². The summed E-state index contributed by atoms with van der Waals surface area (Å²) in [7, 11) is 0. The number of nitrogens with one attached hydrogen (secondary N) is 2. The van der Waals surface area contributed by atoms with Gasteiger partial charge in [0, 0.05) is 24.3 Å². The maximum atomic E-state index is 13.1. The lowest BCUT2D eigenvalue weighted by Gasteiger charge is -2.07. The molecule has 0 aliphatic rings. The zero-order valence-corrected chi connectivity index (χ0v) is 18.3. The van der Waals surface area contributed by atoms with Crippen molar-refractivity contribution in [1.82, 2.24) is 14.5 Å². The van der Waals surface area contributed by atoms with Gasteiger partial charge in [-0.25, -0.2) is 9.37 Å². The van der Waals surface area contributed by atoms with Crippen LogP contribution >= 0.6 is 23.6 Å². The van der Waals surface area contributed by atoms with Gasteiger partial charge in [-0.15, -0.1) is 11.3 Å². The summed E-state index contributed by atoms with van der Waals surface area (Å²) in [5, 5.41) is 3.81. The summed E-state index contributed by atoms with van der Waals surface area (Å²) in [6, 6.07) is 13.4. The molecule has 0 fully saturated rings. The van der Waals surface area contributed by atoms with Gasteiger partial charge >= 0.3 is 0 Å². The Morgan fingerprint density at radius 3 is 2.74 bits per heavy atom. The molecule has 158 valence electrons. The van der Waals surface area contributed by atoms with Crippen molar-refractivity contribution in [3.05, 3.63) is 85.6 Å². The first-order valence-electron chi connectivity index (χ1n) is 9.63. The van der Waals surface area contributed by atoms with Gasteiger partial charge in [0.2, 0.25) is 5.91 Å². The van der Waals surface area contributed by atoms with Gasteiger partial charge in [0.25, 0.3) is 5.56 Å². The average Bonchev–Trinajstić information content (AvgIpc) is 3.08. The first-order valence-corrected chi connectivity index (χ1v) is 10.9. The van der Waals surface area contributed by atoms with E-state index < -0.39 is 0 Å². The molecule has 2 aromatic carbocycles. The molecule has 0 radical (unpaired) electrons. The zero-order valence-electron chi connectivity index (χ0n) is 16.6. The minimum atomic E-state index is -0.275. The fourth-order valence-electron chi connectivity index (χ4n) is 3.23. The maximum absolute atomic E-state index is 13.1. The molecule has 9 heteroatoms. The number of hydrogen-bond acceptors (Lipinski definition) is 5. The van der Waals surface area contributed by atoms with Crippen molar-refractivity contribution in [2.75, 3.05) is 5.32 Å². The summed E-state index contributed by atoms with van der Waals surface area (Å²) in [4.78, 5) is 33.5. The van der Waals surface area contributed by atoms with Gasteiger partial charge in [0.15, 0.2) is 9.90 Å². The fourth-order valence-corrected chi connectivity index (χ4v) is 4.53. The number of amides is 1. The normalized spacial score (nSPS) is 11.0. The third kappa shape index (κ3) is 4.78. The van der Waals surface area contributed by atoms with Gasteiger partial charge in [0.1, 0.15) is 5.82 Å². The molecule has 0 spiro atoms. The van der Waals surface area contributed by atoms with Crippen LogP contribution in [0.2, 0.25) is 0 Å². The van der Waals surface area contributed by atoms with Crippen molar-refractivity contribution in [3.63, 3.8) is 0 Å².